The molecule has 1 aromatic carbocycles. The van der Waals surface area contributed by atoms with Gasteiger partial charge in [-0.05, 0) is 30.2 Å². The Hall–Kier alpha value is -1.72. The van der Waals surface area contributed by atoms with Crippen LogP contribution in [-0.4, -0.2) is 39.4 Å². The van der Waals surface area contributed by atoms with Crippen LogP contribution in [0.15, 0.2) is 36.7 Å². The molecule has 0 bridgehead atoms. The summed E-state index contributed by atoms with van der Waals surface area (Å²) in [5.41, 5.74) is 1.78. The molecule has 1 N–H and O–H groups in total. The third kappa shape index (κ3) is 2.73. The van der Waals surface area contributed by atoms with Gasteiger partial charge in [-0.1, -0.05) is 12.1 Å². The molecule has 5 heteroatoms. The minimum Gasteiger partial charge on any atom is -0.387 e. The average molecular weight is 275 g/mol. The largest absolute Gasteiger partial charge is 0.387 e. The minimum atomic E-state index is -0.647. The quantitative estimate of drug-likeness (QED) is 0.927. The summed E-state index contributed by atoms with van der Waals surface area (Å²) in [7, 11) is 0. The van der Waals surface area contributed by atoms with Crippen LogP contribution in [0.25, 0.3) is 0 Å². The Bertz CT molecular complexity index is 592. The Labute approximate surface area is 117 Å². The maximum Gasteiger partial charge on any atom is 0.123 e. The Morgan fingerprint density at radius 1 is 1.45 bits per heavy atom. The second-order valence-electron chi connectivity index (χ2n) is 5.44. The van der Waals surface area contributed by atoms with Crippen LogP contribution in [-0.2, 0) is 0 Å². The van der Waals surface area contributed by atoms with Gasteiger partial charge in [0, 0.05) is 25.8 Å². The minimum absolute atomic E-state index is 0.310. The van der Waals surface area contributed by atoms with E-state index in [1.165, 1.54) is 12.1 Å². The lowest BCUT2D eigenvalue weighted by Crippen LogP contribution is -2.49. The third-order valence-corrected chi connectivity index (χ3v) is 3.71. The zero-order valence-electron chi connectivity index (χ0n) is 11.4. The van der Waals surface area contributed by atoms with Crippen molar-refractivity contribution in [2.75, 3.05) is 19.6 Å². The normalized spacial score (nSPS) is 17.9. The van der Waals surface area contributed by atoms with Gasteiger partial charge in [0.25, 0.3) is 0 Å². The third-order valence-electron chi connectivity index (χ3n) is 3.71. The molecule has 20 heavy (non-hydrogen) atoms. The van der Waals surface area contributed by atoms with Crippen molar-refractivity contribution < 1.29 is 9.50 Å². The van der Waals surface area contributed by atoms with Gasteiger partial charge in [-0.3, -0.25) is 9.58 Å². The van der Waals surface area contributed by atoms with E-state index in [0.717, 1.165) is 18.7 Å². The number of benzene rings is 1. The number of hydrogen-bond donors (Lipinski definition) is 1. The van der Waals surface area contributed by atoms with Crippen LogP contribution in [0.4, 0.5) is 4.39 Å². The summed E-state index contributed by atoms with van der Waals surface area (Å²) in [4.78, 5) is 2.15. The number of nitrogens with zero attached hydrogens (tertiary/aromatic N) is 3. The number of aliphatic hydroxyl groups excluding tert-OH is 1. The van der Waals surface area contributed by atoms with Gasteiger partial charge in [-0.2, -0.15) is 5.10 Å². The topological polar surface area (TPSA) is 41.3 Å². The number of aliphatic hydroxyl groups is 1. The molecule has 1 aliphatic heterocycles. The number of rotatable bonds is 4. The monoisotopic (exact) mass is 275 g/mol. The van der Waals surface area contributed by atoms with Crippen LogP contribution >= 0.6 is 0 Å². The van der Waals surface area contributed by atoms with E-state index >= 15 is 0 Å². The highest BCUT2D eigenvalue weighted by Gasteiger charge is 2.30. The summed E-state index contributed by atoms with van der Waals surface area (Å²) in [5.74, 6) is -0.310. The fourth-order valence-corrected chi connectivity index (χ4v) is 2.56. The predicted molar refractivity (Wildman–Crippen MR) is 73.8 cm³/mol. The first-order chi connectivity index (χ1) is 9.61. The molecule has 1 saturated heterocycles. The van der Waals surface area contributed by atoms with Crippen LogP contribution in [0.2, 0.25) is 0 Å². The number of β-amino-alcohol motifs (C(OH)–C–C–N with tert-alkyl or cyclic N) is 1. The second kappa shape index (κ2) is 5.34. The number of aromatic nitrogens is 2. The van der Waals surface area contributed by atoms with Crippen molar-refractivity contribution in [3.8, 4) is 0 Å². The molecule has 2 heterocycles. The molecule has 0 unspecified atom stereocenters. The SMILES string of the molecule is Cc1cnn(C2CN(C[C@H](O)c3cccc(F)c3)C2)c1. The molecular weight excluding hydrogens is 257 g/mol. The number of hydrogen-bond acceptors (Lipinski definition) is 3. The van der Waals surface area contributed by atoms with Gasteiger partial charge in [0.1, 0.15) is 5.82 Å². The van der Waals surface area contributed by atoms with Crippen molar-refractivity contribution in [1.82, 2.24) is 14.7 Å². The first-order valence-electron chi connectivity index (χ1n) is 6.78. The number of aryl methyl sites for hydroxylation is 1. The molecule has 1 aromatic heterocycles. The molecule has 106 valence electrons. The second-order valence-corrected chi connectivity index (χ2v) is 5.44. The molecule has 0 amide bonds. The van der Waals surface area contributed by atoms with E-state index in [9.17, 15) is 9.50 Å². The molecule has 0 spiro atoms. The molecule has 1 atom stereocenters. The lowest BCUT2D eigenvalue weighted by Gasteiger charge is -2.40. The van der Waals surface area contributed by atoms with Crippen molar-refractivity contribution in [3.63, 3.8) is 0 Å². The standard InChI is InChI=1S/C15H18FN3O/c1-11-6-17-19(7-11)14-8-18(9-14)10-15(20)12-3-2-4-13(16)5-12/h2-7,14-15,20H,8-10H2,1H3/t15-/m0/s1. The van der Waals surface area contributed by atoms with E-state index in [1.54, 1.807) is 12.1 Å². The number of halogens is 1. The van der Waals surface area contributed by atoms with E-state index < -0.39 is 6.10 Å². The van der Waals surface area contributed by atoms with Crippen molar-refractivity contribution in [1.29, 1.82) is 0 Å². The Morgan fingerprint density at radius 2 is 2.25 bits per heavy atom. The van der Waals surface area contributed by atoms with Gasteiger partial charge in [-0.15, -0.1) is 0 Å². The fraction of sp³-hybridized carbons (Fsp3) is 0.400. The van der Waals surface area contributed by atoms with Crippen LogP contribution in [0.5, 0.6) is 0 Å². The Morgan fingerprint density at radius 3 is 2.90 bits per heavy atom. The molecule has 0 aliphatic carbocycles. The lowest BCUT2D eigenvalue weighted by molar-refractivity contribution is 0.0400. The number of likely N-dealkylation sites (tertiary alicyclic amines) is 1. The lowest BCUT2D eigenvalue weighted by atomic mass is 10.0. The molecular formula is C15H18FN3O. The highest BCUT2D eigenvalue weighted by atomic mass is 19.1. The molecule has 4 nitrogen and oxygen atoms in total. The van der Waals surface area contributed by atoms with Gasteiger partial charge < -0.3 is 5.11 Å². The van der Waals surface area contributed by atoms with Crippen molar-refractivity contribution >= 4 is 0 Å². The smallest absolute Gasteiger partial charge is 0.123 e. The highest BCUT2D eigenvalue weighted by Crippen LogP contribution is 2.24. The van der Waals surface area contributed by atoms with Crippen LogP contribution < -0.4 is 0 Å². The summed E-state index contributed by atoms with van der Waals surface area (Å²) in [5, 5.41) is 14.4. The molecule has 3 rings (SSSR count). The summed E-state index contributed by atoms with van der Waals surface area (Å²) >= 11 is 0. The van der Waals surface area contributed by atoms with E-state index in [-0.39, 0.29) is 5.82 Å². The van der Waals surface area contributed by atoms with Crippen LogP contribution in [0, 0.1) is 12.7 Å². The van der Waals surface area contributed by atoms with Gasteiger partial charge in [0.05, 0.1) is 18.3 Å². The van der Waals surface area contributed by atoms with Crippen molar-refractivity contribution in [2.24, 2.45) is 0 Å². The predicted octanol–water partition coefficient (Wildman–Crippen LogP) is 1.92. The summed E-state index contributed by atoms with van der Waals surface area (Å²) in [6, 6.07) is 6.53. The zero-order chi connectivity index (χ0) is 14.1. The Kier molecular flexibility index (Phi) is 3.54. The zero-order valence-corrected chi connectivity index (χ0v) is 11.4. The first-order valence-corrected chi connectivity index (χ1v) is 6.78. The molecule has 0 saturated carbocycles. The highest BCUT2D eigenvalue weighted by molar-refractivity contribution is 5.19. The maximum absolute atomic E-state index is 13.1. The molecule has 0 radical (unpaired) electrons. The van der Waals surface area contributed by atoms with E-state index in [0.29, 0.717) is 18.2 Å². The van der Waals surface area contributed by atoms with E-state index in [1.807, 2.05) is 24.0 Å². The van der Waals surface area contributed by atoms with Gasteiger partial charge in [-0.25, -0.2) is 4.39 Å². The summed E-state index contributed by atoms with van der Waals surface area (Å²) in [6.07, 6.45) is 3.24. The van der Waals surface area contributed by atoms with Crippen LogP contribution in [0.3, 0.4) is 0 Å². The van der Waals surface area contributed by atoms with Gasteiger partial charge >= 0.3 is 0 Å². The summed E-state index contributed by atoms with van der Waals surface area (Å²) < 4.78 is 15.1. The molecule has 1 fully saturated rings. The maximum atomic E-state index is 13.1. The average Bonchev–Trinajstić information content (AvgIpc) is 2.79. The van der Waals surface area contributed by atoms with Gasteiger partial charge in [0.15, 0.2) is 0 Å². The first kappa shape index (κ1) is 13.3. The van der Waals surface area contributed by atoms with Gasteiger partial charge in [0.2, 0.25) is 0 Å². The fourth-order valence-electron chi connectivity index (χ4n) is 2.56. The summed E-state index contributed by atoms with van der Waals surface area (Å²) in [6.45, 7) is 4.29. The Balaban J connectivity index is 1.53. The molecule has 2 aromatic rings. The van der Waals surface area contributed by atoms with E-state index in [2.05, 4.69) is 10.00 Å². The van der Waals surface area contributed by atoms with Crippen LogP contribution in [0.1, 0.15) is 23.3 Å². The molecule has 1 aliphatic rings. The van der Waals surface area contributed by atoms with E-state index in [4.69, 9.17) is 0 Å². The van der Waals surface area contributed by atoms with Crippen molar-refractivity contribution in [2.45, 2.75) is 19.1 Å². The van der Waals surface area contributed by atoms with Crippen molar-refractivity contribution in [3.05, 3.63) is 53.6 Å².